The lowest BCUT2D eigenvalue weighted by atomic mass is 10.1. The van der Waals surface area contributed by atoms with E-state index in [-0.39, 0.29) is 5.75 Å². The zero-order valence-electron chi connectivity index (χ0n) is 8.31. The Kier molecular flexibility index (Phi) is 2.00. The van der Waals surface area contributed by atoms with Crippen molar-refractivity contribution in [1.82, 2.24) is 9.78 Å². The summed E-state index contributed by atoms with van der Waals surface area (Å²) >= 11 is 0. The molecule has 0 atom stereocenters. The van der Waals surface area contributed by atoms with Crippen LogP contribution in [0.5, 0.6) is 5.75 Å². The molecule has 0 radical (unpaired) electrons. The van der Waals surface area contributed by atoms with Gasteiger partial charge in [0.05, 0.1) is 11.4 Å². The number of aromatic hydroxyl groups is 1. The molecule has 0 spiro atoms. The van der Waals surface area contributed by atoms with Crippen molar-refractivity contribution in [2.24, 2.45) is 7.05 Å². The first-order valence-corrected chi connectivity index (χ1v) is 4.46. The lowest BCUT2D eigenvalue weighted by molar-refractivity contribution is 0.478. The molecule has 1 aromatic heterocycles. The number of anilines is 2. The quantitative estimate of drug-likeness (QED) is 0.476. The molecule has 0 aliphatic rings. The molecule has 1 aromatic carbocycles. The van der Waals surface area contributed by atoms with Crippen LogP contribution in [0, 0.1) is 0 Å². The van der Waals surface area contributed by atoms with Gasteiger partial charge >= 0.3 is 0 Å². The van der Waals surface area contributed by atoms with Crippen LogP contribution < -0.4 is 11.5 Å². The Bertz CT molecular complexity index is 485. The highest BCUT2D eigenvalue weighted by atomic mass is 16.3. The Morgan fingerprint density at radius 2 is 2.00 bits per heavy atom. The van der Waals surface area contributed by atoms with Gasteiger partial charge in [0.25, 0.3) is 0 Å². The Morgan fingerprint density at radius 1 is 1.27 bits per heavy atom. The number of nitrogens with zero attached hydrogens (tertiary/aromatic N) is 2. The Morgan fingerprint density at radius 3 is 2.53 bits per heavy atom. The maximum atomic E-state index is 9.28. The number of aryl methyl sites for hydroxylation is 1. The third-order valence-corrected chi connectivity index (χ3v) is 2.24. The van der Waals surface area contributed by atoms with Crippen LogP contribution in [0.25, 0.3) is 11.3 Å². The highest BCUT2D eigenvalue weighted by Gasteiger charge is 2.06. The fourth-order valence-electron chi connectivity index (χ4n) is 1.34. The molecular formula is C10H12N4O. The number of hydrogen-bond acceptors (Lipinski definition) is 4. The van der Waals surface area contributed by atoms with Crippen molar-refractivity contribution in [3.05, 3.63) is 24.3 Å². The smallest absolute Gasteiger partial charge is 0.138 e. The van der Waals surface area contributed by atoms with Gasteiger partial charge in [-0.2, -0.15) is 5.10 Å². The minimum Gasteiger partial charge on any atom is -0.506 e. The predicted octanol–water partition coefficient (Wildman–Crippen LogP) is 0.957. The topological polar surface area (TPSA) is 90.1 Å². The fraction of sp³-hybridized carbons (Fsp3) is 0.100. The maximum absolute atomic E-state index is 9.28. The highest BCUT2D eigenvalue weighted by Crippen LogP contribution is 2.27. The lowest BCUT2D eigenvalue weighted by Gasteiger charge is -2.00. The van der Waals surface area contributed by atoms with Crippen LogP contribution in [0.3, 0.4) is 0 Å². The van der Waals surface area contributed by atoms with Crippen LogP contribution in [0.4, 0.5) is 11.5 Å². The average molecular weight is 204 g/mol. The van der Waals surface area contributed by atoms with Gasteiger partial charge in [0.1, 0.15) is 11.6 Å². The van der Waals surface area contributed by atoms with Gasteiger partial charge in [0.2, 0.25) is 0 Å². The number of benzene rings is 1. The second kappa shape index (κ2) is 3.20. The first-order chi connectivity index (χ1) is 7.08. The molecule has 0 fully saturated rings. The standard InChI is InChI=1S/C10H12N4O/c1-14-10(12)5-8(13-14)6-2-3-9(15)7(11)4-6/h2-5,15H,11-12H2,1H3. The van der Waals surface area contributed by atoms with Gasteiger partial charge in [-0.05, 0) is 18.2 Å². The highest BCUT2D eigenvalue weighted by molar-refractivity contribution is 5.69. The van der Waals surface area contributed by atoms with E-state index in [0.29, 0.717) is 11.5 Å². The van der Waals surface area contributed by atoms with Crippen molar-refractivity contribution in [3.8, 4) is 17.0 Å². The summed E-state index contributed by atoms with van der Waals surface area (Å²) in [6.45, 7) is 0. The van der Waals surface area contributed by atoms with E-state index < -0.39 is 0 Å². The van der Waals surface area contributed by atoms with E-state index >= 15 is 0 Å². The van der Waals surface area contributed by atoms with Crippen molar-refractivity contribution in [2.75, 3.05) is 11.5 Å². The van der Waals surface area contributed by atoms with Gasteiger partial charge in [-0.3, -0.25) is 4.68 Å². The molecule has 5 nitrogen and oxygen atoms in total. The molecule has 0 aliphatic heterocycles. The van der Waals surface area contributed by atoms with E-state index in [0.717, 1.165) is 11.3 Å². The Labute approximate surface area is 86.9 Å². The SMILES string of the molecule is Cn1nc(-c2ccc(O)c(N)c2)cc1N. The summed E-state index contributed by atoms with van der Waals surface area (Å²) in [4.78, 5) is 0. The van der Waals surface area contributed by atoms with Crippen LogP contribution >= 0.6 is 0 Å². The number of phenols is 1. The molecule has 0 amide bonds. The number of hydrogen-bond donors (Lipinski definition) is 3. The number of phenolic OH excluding ortho intramolecular Hbond substituents is 1. The van der Waals surface area contributed by atoms with Gasteiger partial charge in [-0.15, -0.1) is 0 Å². The summed E-state index contributed by atoms with van der Waals surface area (Å²) in [7, 11) is 1.77. The number of aromatic nitrogens is 2. The summed E-state index contributed by atoms with van der Waals surface area (Å²) < 4.78 is 1.58. The van der Waals surface area contributed by atoms with Gasteiger partial charge < -0.3 is 16.6 Å². The minimum atomic E-state index is 0.0719. The van der Waals surface area contributed by atoms with Gasteiger partial charge in [-0.25, -0.2) is 0 Å². The van der Waals surface area contributed by atoms with E-state index in [1.165, 1.54) is 6.07 Å². The van der Waals surface area contributed by atoms with Crippen molar-refractivity contribution >= 4 is 11.5 Å². The van der Waals surface area contributed by atoms with Crippen LogP contribution in [-0.4, -0.2) is 14.9 Å². The third kappa shape index (κ3) is 1.59. The number of nitrogens with two attached hydrogens (primary N) is 2. The Balaban J connectivity index is 2.49. The van der Waals surface area contributed by atoms with Gasteiger partial charge in [-0.1, -0.05) is 0 Å². The summed E-state index contributed by atoms with van der Waals surface area (Å²) in [5, 5.41) is 13.5. The average Bonchev–Trinajstić information content (AvgIpc) is 2.52. The molecule has 78 valence electrons. The van der Waals surface area contributed by atoms with Crippen molar-refractivity contribution in [2.45, 2.75) is 0 Å². The van der Waals surface area contributed by atoms with Crippen molar-refractivity contribution in [3.63, 3.8) is 0 Å². The molecule has 15 heavy (non-hydrogen) atoms. The summed E-state index contributed by atoms with van der Waals surface area (Å²) in [5.74, 6) is 0.652. The molecule has 5 heteroatoms. The minimum absolute atomic E-state index is 0.0719. The zero-order chi connectivity index (χ0) is 11.0. The van der Waals surface area contributed by atoms with Crippen LogP contribution in [0.1, 0.15) is 0 Å². The predicted molar refractivity (Wildman–Crippen MR) is 59.1 cm³/mol. The number of nitrogen functional groups attached to an aromatic ring is 2. The fourth-order valence-corrected chi connectivity index (χ4v) is 1.34. The van der Waals surface area contributed by atoms with E-state index in [9.17, 15) is 5.11 Å². The molecule has 0 saturated carbocycles. The van der Waals surface area contributed by atoms with E-state index in [4.69, 9.17) is 11.5 Å². The largest absolute Gasteiger partial charge is 0.506 e. The summed E-state index contributed by atoms with van der Waals surface area (Å²) in [6.07, 6.45) is 0. The van der Waals surface area contributed by atoms with E-state index in [1.807, 2.05) is 0 Å². The monoisotopic (exact) mass is 204 g/mol. The molecule has 0 unspecified atom stereocenters. The second-order valence-corrected chi connectivity index (χ2v) is 3.35. The molecule has 2 aromatic rings. The van der Waals surface area contributed by atoms with E-state index in [2.05, 4.69) is 5.10 Å². The molecule has 0 saturated heterocycles. The molecule has 5 N–H and O–H groups in total. The first-order valence-electron chi connectivity index (χ1n) is 4.46. The normalized spacial score (nSPS) is 10.5. The lowest BCUT2D eigenvalue weighted by Crippen LogP contribution is -1.96. The van der Waals surface area contributed by atoms with Crippen molar-refractivity contribution in [1.29, 1.82) is 0 Å². The molecule has 0 bridgehead atoms. The second-order valence-electron chi connectivity index (χ2n) is 3.35. The molecule has 1 heterocycles. The third-order valence-electron chi connectivity index (χ3n) is 2.24. The zero-order valence-corrected chi connectivity index (χ0v) is 8.31. The van der Waals surface area contributed by atoms with Crippen LogP contribution in [0.2, 0.25) is 0 Å². The van der Waals surface area contributed by atoms with Crippen LogP contribution in [-0.2, 0) is 7.05 Å². The maximum Gasteiger partial charge on any atom is 0.138 e. The van der Waals surface area contributed by atoms with Gasteiger partial charge in [0, 0.05) is 18.7 Å². The molecule has 0 aliphatic carbocycles. The van der Waals surface area contributed by atoms with Gasteiger partial charge in [0.15, 0.2) is 0 Å². The molecule has 2 rings (SSSR count). The number of rotatable bonds is 1. The van der Waals surface area contributed by atoms with Crippen molar-refractivity contribution < 1.29 is 5.11 Å². The van der Waals surface area contributed by atoms with Crippen LogP contribution in [0.15, 0.2) is 24.3 Å². The Hall–Kier alpha value is -2.17. The summed E-state index contributed by atoms with van der Waals surface area (Å²) in [6, 6.07) is 6.70. The first kappa shape index (κ1) is 9.39. The molecular weight excluding hydrogens is 192 g/mol. The summed E-state index contributed by atoms with van der Waals surface area (Å²) in [5.41, 5.74) is 13.2. The van der Waals surface area contributed by atoms with E-state index in [1.54, 1.807) is 29.9 Å².